The van der Waals surface area contributed by atoms with Crippen molar-refractivity contribution >= 4 is 17.5 Å². The molecule has 2 aromatic carbocycles. The third-order valence-corrected chi connectivity index (χ3v) is 5.78. The molecular weight excluding hydrogens is 424 g/mol. The van der Waals surface area contributed by atoms with E-state index in [2.05, 4.69) is 34.3 Å². The summed E-state index contributed by atoms with van der Waals surface area (Å²) in [6, 6.07) is 13.3. The van der Waals surface area contributed by atoms with E-state index in [4.69, 9.17) is 4.98 Å². The first-order valence-corrected chi connectivity index (χ1v) is 11.1. The van der Waals surface area contributed by atoms with Gasteiger partial charge in [0.05, 0.1) is 0 Å². The molecule has 1 fully saturated rings. The molecule has 0 spiro atoms. The van der Waals surface area contributed by atoms with Crippen LogP contribution in [0.25, 0.3) is 0 Å². The van der Waals surface area contributed by atoms with Gasteiger partial charge in [-0.1, -0.05) is 37.3 Å². The molecule has 6 nitrogen and oxygen atoms in total. The van der Waals surface area contributed by atoms with E-state index in [1.54, 1.807) is 4.90 Å². The number of hydrogen-bond donors (Lipinski definition) is 1. The van der Waals surface area contributed by atoms with Crippen LogP contribution in [0.5, 0.6) is 0 Å². The summed E-state index contributed by atoms with van der Waals surface area (Å²) in [6.07, 6.45) is 1.56. The lowest BCUT2D eigenvalue weighted by atomic mass is 10.0. The molecule has 1 aromatic heterocycles. The Labute approximate surface area is 192 Å². The highest BCUT2D eigenvalue weighted by Crippen LogP contribution is 2.26. The quantitative estimate of drug-likeness (QED) is 0.617. The number of carbonyl (C=O) groups is 1. The number of aromatic nitrogens is 2. The zero-order valence-corrected chi connectivity index (χ0v) is 18.8. The van der Waals surface area contributed by atoms with Crippen molar-refractivity contribution in [1.29, 1.82) is 0 Å². The number of urea groups is 1. The Kier molecular flexibility index (Phi) is 6.82. The van der Waals surface area contributed by atoms with Crippen LogP contribution in [0.4, 0.5) is 25.1 Å². The highest BCUT2D eigenvalue weighted by molar-refractivity contribution is 5.89. The van der Waals surface area contributed by atoms with E-state index in [9.17, 15) is 13.6 Å². The van der Waals surface area contributed by atoms with Gasteiger partial charge in [-0.2, -0.15) is 0 Å². The van der Waals surface area contributed by atoms with E-state index < -0.39 is 11.6 Å². The van der Waals surface area contributed by atoms with Crippen LogP contribution >= 0.6 is 0 Å². The van der Waals surface area contributed by atoms with E-state index >= 15 is 0 Å². The molecule has 1 aliphatic rings. The molecule has 172 valence electrons. The van der Waals surface area contributed by atoms with Crippen LogP contribution in [0.15, 0.2) is 48.5 Å². The minimum Gasteiger partial charge on any atom is -0.353 e. The van der Waals surface area contributed by atoms with Gasteiger partial charge in [-0.3, -0.25) is 0 Å². The number of nitrogens with one attached hydrogen (secondary N) is 1. The van der Waals surface area contributed by atoms with Crippen molar-refractivity contribution < 1.29 is 13.6 Å². The fraction of sp³-hybridized carbons (Fsp3) is 0.320. The van der Waals surface area contributed by atoms with Gasteiger partial charge in [0.15, 0.2) is 11.6 Å². The summed E-state index contributed by atoms with van der Waals surface area (Å²) in [5.41, 5.74) is 3.59. The lowest BCUT2D eigenvalue weighted by molar-refractivity contribution is 0.208. The molecule has 8 heteroatoms. The fourth-order valence-corrected chi connectivity index (χ4v) is 4.07. The van der Waals surface area contributed by atoms with Crippen LogP contribution in [0.3, 0.4) is 0 Å². The Morgan fingerprint density at radius 2 is 1.73 bits per heavy atom. The molecular formula is C25H27F2N5O. The number of amides is 2. The Bertz CT molecular complexity index is 1130. The fourth-order valence-electron chi connectivity index (χ4n) is 4.07. The van der Waals surface area contributed by atoms with Crippen LogP contribution in [0.1, 0.15) is 29.6 Å². The van der Waals surface area contributed by atoms with Crippen LogP contribution in [0, 0.1) is 18.6 Å². The van der Waals surface area contributed by atoms with E-state index in [1.807, 2.05) is 25.1 Å². The zero-order chi connectivity index (χ0) is 23.4. The molecule has 1 saturated heterocycles. The molecule has 2 amide bonds. The molecule has 0 bridgehead atoms. The number of halogens is 2. The van der Waals surface area contributed by atoms with Gasteiger partial charge < -0.3 is 15.1 Å². The molecule has 2 heterocycles. The second kappa shape index (κ2) is 9.94. The smallest absolute Gasteiger partial charge is 0.321 e. The number of piperazine rings is 1. The Balaban J connectivity index is 1.48. The number of nitrogens with zero attached hydrogens (tertiary/aromatic N) is 4. The van der Waals surface area contributed by atoms with E-state index in [0.717, 1.165) is 47.9 Å². The Morgan fingerprint density at radius 1 is 1.00 bits per heavy atom. The van der Waals surface area contributed by atoms with Crippen molar-refractivity contribution in [1.82, 2.24) is 14.9 Å². The Morgan fingerprint density at radius 3 is 2.39 bits per heavy atom. The SMILES string of the molecule is CCc1nc(C)nc(N2CCN(C(=O)Nc3ccc(F)c(F)c3)CC2)c1Cc1ccccc1. The summed E-state index contributed by atoms with van der Waals surface area (Å²) in [6.45, 7) is 6.22. The van der Waals surface area contributed by atoms with Crippen molar-refractivity contribution in [2.24, 2.45) is 0 Å². The second-order valence-corrected chi connectivity index (χ2v) is 8.07. The van der Waals surface area contributed by atoms with Gasteiger partial charge in [0.1, 0.15) is 11.6 Å². The number of carbonyl (C=O) groups excluding carboxylic acids is 1. The normalized spacial score (nSPS) is 13.8. The standard InChI is InChI=1S/C25H27F2N5O/c1-3-23-20(15-18-7-5-4-6-8-18)24(29-17(2)28-23)31-11-13-32(14-12-31)25(33)30-19-9-10-21(26)22(27)16-19/h4-10,16H,3,11-15H2,1-2H3,(H,30,33). The van der Waals surface area contributed by atoms with Crippen LogP contribution < -0.4 is 10.2 Å². The van der Waals surface area contributed by atoms with Crippen molar-refractivity contribution in [3.8, 4) is 0 Å². The first-order chi connectivity index (χ1) is 15.9. The summed E-state index contributed by atoms with van der Waals surface area (Å²) < 4.78 is 26.6. The number of anilines is 2. The average molecular weight is 452 g/mol. The molecule has 33 heavy (non-hydrogen) atoms. The number of aryl methyl sites for hydroxylation is 2. The highest BCUT2D eigenvalue weighted by atomic mass is 19.2. The maximum Gasteiger partial charge on any atom is 0.321 e. The van der Waals surface area contributed by atoms with Gasteiger partial charge in [0, 0.05) is 55.6 Å². The monoisotopic (exact) mass is 451 g/mol. The second-order valence-electron chi connectivity index (χ2n) is 8.07. The van der Waals surface area contributed by atoms with Gasteiger partial charge in [-0.15, -0.1) is 0 Å². The van der Waals surface area contributed by atoms with Gasteiger partial charge >= 0.3 is 6.03 Å². The zero-order valence-electron chi connectivity index (χ0n) is 18.8. The minimum atomic E-state index is -0.991. The number of hydrogen-bond acceptors (Lipinski definition) is 4. The maximum absolute atomic E-state index is 13.4. The van der Waals surface area contributed by atoms with Crippen molar-refractivity contribution in [2.45, 2.75) is 26.7 Å². The topological polar surface area (TPSA) is 61.4 Å². The van der Waals surface area contributed by atoms with E-state index in [0.29, 0.717) is 26.2 Å². The summed E-state index contributed by atoms with van der Waals surface area (Å²) in [5.74, 6) is -0.282. The van der Waals surface area contributed by atoms with E-state index in [-0.39, 0.29) is 11.7 Å². The first kappa shape index (κ1) is 22.6. The molecule has 0 aliphatic carbocycles. The third-order valence-electron chi connectivity index (χ3n) is 5.78. The first-order valence-electron chi connectivity index (χ1n) is 11.1. The van der Waals surface area contributed by atoms with E-state index in [1.165, 1.54) is 11.6 Å². The maximum atomic E-state index is 13.4. The summed E-state index contributed by atoms with van der Waals surface area (Å²) in [4.78, 5) is 25.9. The molecule has 1 aliphatic heterocycles. The summed E-state index contributed by atoms with van der Waals surface area (Å²) in [7, 11) is 0. The van der Waals surface area contributed by atoms with Gasteiger partial charge in [-0.05, 0) is 31.0 Å². The van der Waals surface area contributed by atoms with Crippen LogP contribution in [0.2, 0.25) is 0 Å². The van der Waals surface area contributed by atoms with Gasteiger partial charge in [0.2, 0.25) is 0 Å². The molecule has 0 radical (unpaired) electrons. The lowest BCUT2D eigenvalue weighted by Crippen LogP contribution is -2.50. The molecule has 1 N–H and O–H groups in total. The number of benzene rings is 2. The average Bonchev–Trinajstić information content (AvgIpc) is 2.83. The largest absolute Gasteiger partial charge is 0.353 e. The lowest BCUT2D eigenvalue weighted by Gasteiger charge is -2.36. The van der Waals surface area contributed by atoms with Gasteiger partial charge in [0.25, 0.3) is 0 Å². The molecule has 0 saturated carbocycles. The molecule has 3 aromatic rings. The van der Waals surface area contributed by atoms with Crippen LogP contribution in [-0.2, 0) is 12.8 Å². The third kappa shape index (κ3) is 5.27. The van der Waals surface area contributed by atoms with Crippen molar-refractivity contribution in [2.75, 3.05) is 36.4 Å². The van der Waals surface area contributed by atoms with Gasteiger partial charge in [-0.25, -0.2) is 23.5 Å². The Hall–Kier alpha value is -3.55. The van der Waals surface area contributed by atoms with Crippen LogP contribution in [-0.4, -0.2) is 47.1 Å². The number of rotatable bonds is 5. The van der Waals surface area contributed by atoms with Crippen molar-refractivity contribution in [3.05, 3.63) is 82.8 Å². The molecule has 4 rings (SSSR count). The highest BCUT2D eigenvalue weighted by Gasteiger charge is 2.25. The molecule has 0 atom stereocenters. The predicted molar refractivity (Wildman–Crippen MR) is 125 cm³/mol. The minimum absolute atomic E-state index is 0.227. The predicted octanol–water partition coefficient (Wildman–Crippen LogP) is 4.57. The summed E-state index contributed by atoms with van der Waals surface area (Å²) in [5, 5.41) is 2.64. The summed E-state index contributed by atoms with van der Waals surface area (Å²) >= 11 is 0. The molecule has 0 unspecified atom stereocenters. The van der Waals surface area contributed by atoms with Crippen molar-refractivity contribution in [3.63, 3.8) is 0 Å².